The van der Waals surface area contributed by atoms with Crippen molar-refractivity contribution >= 4 is 23.2 Å². The highest BCUT2D eigenvalue weighted by atomic mass is 35.5. The van der Waals surface area contributed by atoms with Gasteiger partial charge in [0.25, 0.3) is 0 Å². The molecule has 0 amide bonds. The van der Waals surface area contributed by atoms with Crippen molar-refractivity contribution in [1.29, 1.82) is 0 Å². The van der Waals surface area contributed by atoms with E-state index in [-0.39, 0.29) is 6.04 Å². The first-order chi connectivity index (χ1) is 9.56. The summed E-state index contributed by atoms with van der Waals surface area (Å²) in [5, 5.41) is 0.995. The van der Waals surface area contributed by atoms with Crippen molar-refractivity contribution in [3.63, 3.8) is 0 Å². The van der Waals surface area contributed by atoms with Crippen LogP contribution in [0.1, 0.15) is 17.2 Å². The van der Waals surface area contributed by atoms with E-state index in [4.69, 9.17) is 38.4 Å². The third kappa shape index (κ3) is 3.01. The van der Waals surface area contributed by atoms with Gasteiger partial charge in [0.05, 0.1) is 30.3 Å². The summed E-state index contributed by atoms with van der Waals surface area (Å²) in [4.78, 5) is 0. The Morgan fingerprint density at radius 1 is 0.850 bits per heavy atom. The summed E-state index contributed by atoms with van der Waals surface area (Å²) in [6.45, 7) is 0. The molecule has 0 aliphatic rings. The van der Waals surface area contributed by atoms with Crippen LogP contribution < -0.4 is 15.2 Å². The lowest BCUT2D eigenvalue weighted by Gasteiger charge is -2.16. The Morgan fingerprint density at radius 3 is 2.05 bits per heavy atom. The van der Waals surface area contributed by atoms with E-state index in [9.17, 15) is 0 Å². The van der Waals surface area contributed by atoms with Crippen LogP contribution in [-0.2, 0) is 0 Å². The molecular weight excluding hydrogens is 297 g/mol. The van der Waals surface area contributed by atoms with Gasteiger partial charge in [-0.25, -0.2) is 0 Å². The molecule has 0 aliphatic heterocycles. The Balaban J connectivity index is 2.37. The van der Waals surface area contributed by atoms with E-state index in [0.717, 1.165) is 11.1 Å². The predicted octanol–water partition coefficient (Wildman–Crippen LogP) is 4.06. The van der Waals surface area contributed by atoms with Crippen molar-refractivity contribution in [3.05, 3.63) is 57.6 Å². The number of rotatable bonds is 4. The highest BCUT2D eigenvalue weighted by Gasteiger charge is 2.13. The molecule has 0 spiro atoms. The maximum absolute atomic E-state index is 6.25. The first-order valence-electron chi connectivity index (χ1n) is 5.99. The number of ether oxygens (including phenoxy) is 2. The minimum atomic E-state index is -0.315. The molecule has 2 N–H and O–H groups in total. The quantitative estimate of drug-likeness (QED) is 0.926. The summed E-state index contributed by atoms with van der Waals surface area (Å²) in [7, 11) is 3.18. The lowest BCUT2D eigenvalue weighted by Crippen LogP contribution is -2.12. The van der Waals surface area contributed by atoms with Crippen molar-refractivity contribution < 1.29 is 9.47 Å². The largest absolute Gasteiger partial charge is 0.493 e. The Hall–Kier alpha value is -1.42. The van der Waals surface area contributed by atoms with Gasteiger partial charge < -0.3 is 15.2 Å². The molecule has 0 radical (unpaired) electrons. The number of hydrogen-bond acceptors (Lipinski definition) is 3. The zero-order chi connectivity index (χ0) is 14.7. The Bertz CT molecular complexity index is 617. The molecule has 2 aromatic rings. The summed E-state index contributed by atoms with van der Waals surface area (Å²) >= 11 is 11.9. The van der Waals surface area contributed by atoms with Gasteiger partial charge in [0.15, 0.2) is 11.5 Å². The Morgan fingerprint density at radius 2 is 1.45 bits per heavy atom. The third-order valence-corrected chi connectivity index (χ3v) is 3.81. The molecule has 2 rings (SSSR count). The van der Waals surface area contributed by atoms with Gasteiger partial charge in [-0.3, -0.25) is 0 Å². The molecule has 0 saturated carbocycles. The van der Waals surface area contributed by atoms with Crippen molar-refractivity contribution in [2.75, 3.05) is 14.2 Å². The molecule has 20 heavy (non-hydrogen) atoms. The second-order valence-electron chi connectivity index (χ2n) is 4.27. The van der Waals surface area contributed by atoms with Gasteiger partial charge in [-0.1, -0.05) is 35.3 Å². The number of benzene rings is 2. The van der Waals surface area contributed by atoms with E-state index in [1.165, 1.54) is 0 Å². The molecule has 1 unspecified atom stereocenters. The van der Waals surface area contributed by atoms with E-state index in [1.807, 2.05) is 24.3 Å². The van der Waals surface area contributed by atoms with E-state index in [1.54, 1.807) is 26.4 Å². The Labute approximate surface area is 128 Å². The zero-order valence-corrected chi connectivity index (χ0v) is 12.7. The molecule has 2 aromatic carbocycles. The van der Waals surface area contributed by atoms with Gasteiger partial charge in [0.2, 0.25) is 0 Å². The molecule has 0 aliphatic carbocycles. The fourth-order valence-corrected chi connectivity index (χ4v) is 2.25. The van der Waals surface area contributed by atoms with E-state index >= 15 is 0 Å². The fraction of sp³-hybridized carbons (Fsp3) is 0.200. The monoisotopic (exact) mass is 311 g/mol. The van der Waals surface area contributed by atoms with E-state index in [2.05, 4.69) is 0 Å². The van der Waals surface area contributed by atoms with Gasteiger partial charge >= 0.3 is 0 Å². The second kappa shape index (κ2) is 6.35. The van der Waals surface area contributed by atoms with Crippen molar-refractivity contribution in [1.82, 2.24) is 0 Å². The topological polar surface area (TPSA) is 44.5 Å². The molecule has 0 fully saturated rings. The molecule has 0 aromatic heterocycles. The number of halogens is 2. The van der Waals surface area contributed by atoms with Gasteiger partial charge in [-0.2, -0.15) is 0 Å². The van der Waals surface area contributed by atoms with Crippen molar-refractivity contribution in [2.45, 2.75) is 6.04 Å². The summed E-state index contributed by atoms with van der Waals surface area (Å²) in [6, 6.07) is 10.6. The fourth-order valence-electron chi connectivity index (χ4n) is 1.94. The smallest absolute Gasteiger partial charge is 0.161 e. The summed E-state index contributed by atoms with van der Waals surface area (Å²) in [6.07, 6.45) is 0. The van der Waals surface area contributed by atoms with Crippen LogP contribution >= 0.6 is 23.2 Å². The average molecular weight is 312 g/mol. The molecule has 0 heterocycles. The third-order valence-electron chi connectivity index (χ3n) is 3.07. The van der Waals surface area contributed by atoms with Crippen LogP contribution in [0.15, 0.2) is 36.4 Å². The van der Waals surface area contributed by atoms with E-state index < -0.39 is 0 Å². The highest BCUT2D eigenvalue weighted by molar-refractivity contribution is 6.42. The molecule has 3 nitrogen and oxygen atoms in total. The molecule has 0 saturated heterocycles. The molecular formula is C15H15Cl2NO2. The predicted molar refractivity (Wildman–Crippen MR) is 82.0 cm³/mol. The van der Waals surface area contributed by atoms with Gasteiger partial charge in [0, 0.05) is 0 Å². The molecule has 106 valence electrons. The van der Waals surface area contributed by atoms with Crippen molar-refractivity contribution in [2.24, 2.45) is 5.73 Å². The van der Waals surface area contributed by atoms with Crippen molar-refractivity contribution in [3.8, 4) is 11.5 Å². The van der Waals surface area contributed by atoms with Crippen LogP contribution in [0.25, 0.3) is 0 Å². The minimum absolute atomic E-state index is 0.315. The van der Waals surface area contributed by atoms with Crippen LogP contribution in [-0.4, -0.2) is 14.2 Å². The summed E-state index contributed by atoms with van der Waals surface area (Å²) in [5.74, 6) is 1.30. The second-order valence-corrected chi connectivity index (χ2v) is 5.08. The lowest BCUT2D eigenvalue weighted by atomic mass is 9.99. The van der Waals surface area contributed by atoms with Crippen LogP contribution in [0.3, 0.4) is 0 Å². The zero-order valence-electron chi connectivity index (χ0n) is 11.2. The SMILES string of the molecule is COc1ccc(C(N)c2ccc(Cl)c(Cl)c2)cc1OC. The van der Waals surface area contributed by atoms with Gasteiger partial charge in [-0.15, -0.1) is 0 Å². The molecule has 0 bridgehead atoms. The number of nitrogens with two attached hydrogens (primary N) is 1. The average Bonchev–Trinajstić information content (AvgIpc) is 2.48. The minimum Gasteiger partial charge on any atom is -0.493 e. The summed E-state index contributed by atoms with van der Waals surface area (Å²) < 4.78 is 10.5. The lowest BCUT2D eigenvalue weighted by molar-refractivity contribution is 0.354. The highest BCUT2D eigenvalue weighted by Crippen LogP contribution is 2.32. The molecule has 1 atom stereocenters. The first kappa shape index (κ1) is 15.0. The molecule has 5 heteroatoms. The van der Waals surface area contributed by atoms with E-state index in [0.29, 0.717) is 21.5 Å². The van der Waals surface area contributed by atoms with Crippen LogP contribution in [0.5, 0.6) is 11.5 Å². The normalized spacial score (nSPS) is 12.1. The van der Waals surface area contributed by atoms with Crippen LogP contribution in [0.4, 0.5) is 0 Å². The van der Waals surface area contributed by atoms with Gasteiger partial charge in [-0.05, 0) is 35.4 Å². The van der Waals surface area contributed by atoms with Gasteiger partial charge in [0.1, 0.15) is 0 Å². The number of methoxy groups -OCH3 is 2. The first-order valence-corrected chi connectivity index (χ1v) is 6.75. The maximum atomic E-state index is 6.25. The van der Waals surface area contributed by atoms with Crippen LogP contribution in [0, 0.1) is 0 Å². The standard InChI is InChI=1S/C15H15Cl2NO2/c1-19-13-6-4-10(8-14(13)20-2)15(18)9-3-5-11(16)12(17)7-9/h3-8,15H,18H2,1-2H3. The number of hydrogen-bond donors (Lipinski definition) is 1. The summed E-state index contributed by atoms with van der Waals surface area (Å²) in [5.41, 5.74) is 8.04. The maximum Gasteiger partial charge on any atom is 0.161 e. The Kier molecular flexibility index (Phi) is 4.76. The van der Waals surface area contributed by atoms with Crippen LogP contribution in [0.2, 0.25) is 10.0 Å².